The summed E-state index contributed by atoms with van der Waals surface area (Å²) >= 11 is 0. The van der Waals surface area contributed by atoms with E-state index in [2.05, 4.69) is 6.58 Å². The molecule has 0 amide bonds. The van der Waals surface area contributed by atoms with Crippen LogP contribution in [-0.4, -0.2) is 34.9 Å². The minimum absolute atomic E-state index is 0.156. The Kier molecular flexibility index (Phi) is 4.96. The molecule has 0 unspecified atom stereocenters. The molecule has 5 atom stereocenters. The number of aliphatic hydroxyl groups is 1. The minimum atomic E-state index is -0.940. The lowest BCUT2D eigenvalue weighted by atomic mass is 9.52. The predicted octanol–water partition coefficient (Wildman–Crippen LogP) is 3.16. The zero-order valence-corrected chi connectivity index (χ0v) is 16.7. The maximum absolute atomic E-state index is 13.3. The molecule has 5 nitrogen and oxygen atoms in total. The van der Waals surface area contributed by atoms with Gasteiger partial charge in [-0.05, 0) is 37.2 Å². The average molecular weight is 374 g/mol. The number of Topliss-reactive ketones (excluding diaryl/α,β-unsaturated/α-hetero) is 2. The Morgan fingerprint density at radius 1 is 1.26 bits per heavy atom. The van der Waals surface area contributed by atoms with Crippen LogP contribution in [0.25, 0.3) is 0 Å². The number of ether oxygens (including phenoxy) is 1. The van der Waals surface area contributed by atoms with Crippen molar-refractivity contribution in [3.8, 4) is 0 Å². The van der Waals surface area contributed by atoms with E-state index in [0.717, 1.165) is 0 Å². The van der Waals surface area contributed by atoms with Crippen molar-refractivity contribution in [3.05, 3.63) is 23.8 Å². The van der Waals surface area contributed by atoms with E-state index in [1.807, 2.05) is 20.8 Å². The lowest BCUT2D eigenvalue weighted by molar-refractivity contribution is -0.173. The highest BCUT2D eigenvalue weighted by Crippen LogP contribution is 2.56. The summed E-state index contributed by atoms with van der Waals surface area (Å²) in [6, 6.07) is 0. The van der Waals surface area contributed by atoms with Crippen molar-refractivity contribution >= 4 is 17.5 Å². The summed E-state index contributed by atoms with van der Waals surface area (Å²) < 4.78 is 5.57. The van der Waals surface area contributed by atoms with Crippen LogP contribution >= 0.6 is 0 Å². The number of carbonyl (C=O) groups excluding carboxylic acids is 3. The highest BCUT2D eigenvalue weighted by atomic mass is 16.5. The summed E-state index contributed by atoms with van der Waals surface area (Å²) in [5.41, 5.74) is -0.216. The minimum Gasteiger partial charge on any atom is -0.462 e. The van der Waals surface area contributed by atoms with Gasteiger partial charge in [-0.1, -0.05) is 33.4 Å². The van der Waals surface area contributed by atoms with E-state index in [4.69, 9.17) is 4.74 Å². The number of hydrogen-bond donors (Lipinski definition) is 1. The molecule has 0 spiro atoms. The van der Waals surface area contributed by atoms with Gasteiger partial charge in [0.2, 0.25) is 0 Å². The van der Waals surface area contributed by atoms with Gasteiger partial charge in [0.05, 0.1) is 6.10 Å². The zero-order valence-electron chi connectivity index (χ0n) is 16.7. The number of ketones is 2. The second-order valence-electron chi connectivity index (χ2n) is 9.22. The largest absolute Gasteiger partial charge is 0.462 e. The molecule has 3 rings (SSSR count). The fraction of sp³-hybridized carbons (Fsp3) is 0.682. The monoisotopic (exact) mass is 374 g/mol. The summed E-state index contributed by atoms with van der Waals surface area (Å²) in [7, 11) is 0. The molecule has 0 aromatic rings. The molecule has 2 bridgehead atoms. The first-order valence-electron chi connectivity index (χ1n) is 9.82. The highest BCUT2D eigenvalue weighted by molar-refractivity contribution is 6.11. The molecule has 3 aliphatic carbocycles. The van der Waals surface area contributed by atoms with Crippen LogP contribution in [0.5, 0.6) is 0 Å². The van der Waals surface area contributed by atoms with Gasteiger partial charge < -0.3 is 9.84 Å². The number of carbonyl (C=O) groups is 3. The molecule has 1 saturated carbocycles. The molecule has 1 fully saturated rings. The van der Waals surface area contributed by atoms with Crippen LogP contribution in [0.4, 0.5) is 0 Å². The number of fused-ring (bicyclic) bond motifs is 2. The van der Waals surface area contributed by atoms with Gasteiger partial charge in [0.1, 0.15) is 11.9 Å². The third-order valence-electron chi connectivity index (χ3n) is 7.25. The Morgan fingerprint density at radius 2 is 1.93 bits per heavy atom. The van der Waals surface area contributed by atoms with E-state index in [0.29, 0.717) is 43.3 Å². The van der Waals surface area contributed by atoms with Crippen LogP contribution < -0.4 is 0 Å². The van der Waals surface area contributed by atoms with Crippen molar-refractivity contribution in [1.29, 1.82) is 0 Å². The van der Waals surface area contributed by atoms with Gasteiger partial charge in [-0.2, -0.15) is 0 Å². The van der Waals surface area contributed by atoms with Gasteiger partial charge in [-0.3, -0.25) is 14.4 Å². The molecule has 0 heterocycles. The lowest BCUT2D eigenvalue weighted by Gasteiger charge is -2.54. The van der Waals surface area contributed by atoms with E-state index < -0.39 is 16.9 Å². The number of hydrogen-bond acceptors (Lipinski definition) is 5. The number of rotatable bonds is 1. The van der Waals surface area contributed by atoms with E-state index >= 15 is 0 Å². The molecule has 148 valence electrons. The Morgan fingerprint density at radius 3 is 2.56 bits per heavy atom. The maximum atomic E-state index is 13.3. The molecule has 0 saturated heterocycles. The van der Waals surface area contributed by atoms with Crippen molar-refractivity contribution in [2.45, 2.75) is 72.0 Å². The molecule has 0 aromatic carbocycles. The first-order valence-corrected chi connectivity index (χ1v) is 9.82. The van der Waals surface area contributed by atoms with Gasteiger partial charge >= 0.3 is 5.97 Å². The first kappa shape index (κ1) is 20.0. The summed E-state index contributed by atoms with van der Waals surface area (Å²) in [5.74, 6) is -0.718. The number of allylic oxidation sites excluding steroid dienone is 2. The fourth-order valence-corrected chi connectivity index (χ4v) is 5.52. The molecule has 3 aliphatic rings. The van der Waals surface area contributed by atoms with Crippen LogP contribution in [0, 0.1) is 22.7 Å². The smallest absolute Gasteiger partial charge is 0.302 e. The summed E-state index contributed by atoms with van der Waals surface area (Å²) in [5, 5.41) is 10.9. The molecule has 1 N–H and O–H groups in total. The highest BCUT2D eigenvalue weighted by Gasteiger charge is 2.56. The summed E-state index contributed by atoms with van der Waals surface area (Å²) in [6.07, 6.45) is 3.02. The second-order valence-corrected chi connectivity index (χ2v) is 9.22. The van der Waals surface area contributed by atoms with Crippen molar-refractivity contribution in [1.82, 2.24) is 0 Å². The van der Waals surface area contributed by atoms with Crippen molar-refractivity contribution in [2.75, 3.05) is 0 Å². The van der Waals surface area contributed by atoms with Gasteiger partial charge in [-0.15, -0.1) is 0 Å². The van der Waals surface area contributed by atoms with Crippen molar-refractivity contribution < 1.29 is 24.2 Å². The normalized spacial score (nSPS) is 38.9. The molecule has 0 aromatic heterocycles. The third kappa shape index (κ3) is 3.20. The van der Waals surface area contributed by atoms with E-state index in [1.54, 1.807) is 6.08 Å². The van der Waals surface area contributed by atoms with Crippen LogP contribution in [0.15, 0.2) is 23.8 Å². The quantitative estimate of drug-likeness (QED) is 0.563. The van der Waals surface area contributed by atoms with Gasteiger partial charge in [-0.25, -0.2) is 0 Å². The second kappa shape index (κ2) is 6.69. The van der Waals surface area contributed by atoms with E-state index in [-0.39, 0.29) is 35.5 Å². The van der Waals surface area contributed by atoms with Crippen LogP contribution in [0.1, 0.15) is 59.8 Å². The zero-order chi connectivity index (χ0) is 20.1. The van der Waals surface area contributed by atoms with Crippen LogP contribution in [0.3, 0.4) is 0 Å². The van der Waals surface area contributed by atoms with Crippen LogP contribution in [-0.2, 0) is 19.1 Å². The SMILES string of the molecule is C=C1C(=O)C2=C[C@@H]1CCC(=O)[C@@]1(C)CC[C@@H](OC(C)=O)C(C)(C)[C@@H]1C[C@H]2O. The Bertz CT molecular complexity index is 731. The average Bonchev–Trinajstić information content (AvgIpc) is 2.86. The molecular weight excluding hydrogens is 344 g/mol. The Labute approximate surface area is 160 Å². The first-order chi connectivity index (χ1) is 12.5. The molecular formula is C22H30O5. The van der Waals surface area contributed by atoms with Gasteiger partial charge in [0, 0.05) is 35.7 Å². The fourth-order valence-electron chi connectivity index (χ4n) is 5.52. The van der Waals surface area contributed by atoms with E-state index in [1.165, 1.54) is 6.92 Å². The molecule has 27 heavy (non-hydrogen) atoms. The summed E-state index contributed by atoms with van der Waals surface area (Å²) in [6.45, 7) is 11.3. The third-order valence-corrected chi connectivity index (χ3v) is 7.25. The molecule has 0 aliphatic heterocycles. The maximum Gasteiger partial charge on any atom is 0.302 e. The molecule has 0 radical (unpaired) electrons. The standard InChI is InChI=1S/C22H30O5/c1-12-14-6-7-18(25)22(5)9-8-19(27-13(2)23)21(3,4)17(22)11-16(24)15(10-14)20(12)26/h10,14,16-17,19,24H,1,6-9,11H2,2-5H3/t14-,16+,17-,19+,22-/m0/s1. The lowest BCUT2D eigenvalue weighted by Crippen LogP contribution is -2.55. The predicted molar refractivity (Wildman–Crippen MR) is 101 cm³/mol. The Hall–Kier alpha value is -1.75. The topological polar surface area (TPSA) is 80.7 Å². The van der Waals surface area contributed by atoms with Crippen molar-refractivity contribution in [3.63, 3.8) is 0 Å². The van der Waals surface area contributed by atoms with Gasteiger partial charge in [0.25, 0.3) is 0 Å². The van der Waals surface area contributed by atoms with Gasteiger partial charge in [0.15, 0.2) is 5.78 Å². The summed E-state index contributed by atoms with van der Waals surface area (Å²) in [4.78, 5) is 37.4. The molecule has 5 heteroatoms. The number of esters is 1. The van der Waals surface area contributed by atoms with E-state index in [9.17, 15) is 19.5 Å². The van der Waals surface area contributed by atoms with Crippen molar-refractivity contribution in [2.24, 2.45) is 22.7 Å². The number of aliphatic hydroxyl groups excluding tert-OH is 1. The Balaban J connectivity index is 2.02. The van der Waals surface area contributed by atoms with Crippen LogP contribution in [0.2, 0.25) is 0 Å².